The molecule has 2 heterocycles. The van der Waals surface area contributed by atoms with Crippen molar-refractivity contribution in [3.8, 4) is 11.8 Å². The predicted molar refractivity (Wildman–Crippen MR) is 76.0 cm³/mol. The zero-order valence-corrected chi connectivity index (χ0v) is 12.3. The first-order valence-corrected chi connectivity index (χ1v) is 6.78. The molecule has 0 aromatic carbocycles. The zero-order valence-electron chi connectivity index (χ0n) is 12.3. The molecule has 0 atom stereocenters. The van der Waals surface area contributed by atoms with E-state index in [4.69, 9.17) is 14.6 Å². The topological polar surface area (TPSA) is 88.0 Å². The molecule has 2 rings (SSSR count). The van der Waals surface area contributed by atoms with Crippen LogP contribution < -0.4 is 14.4 Å². The minimum atomic E-state index is -0.803. The summed E-state index contributed by atoms with van der Waals surface area (Å²) in [6.45, 7) is 2.92. The summed E-state index contributed by atoms with van der Waals surface area (Å²) < 4.78 is 10.3. The Morgan fingerprint density at radius 3 is 2.43 bits per heavy atom. The summed E-state index contributed by atoms with van der Waals surface area (Å²) in [7, 11) is 3.09. The molecule has 0 saturated carbocycles. The summed E-state index contributed by atoms with van der Waals surface area (Å²) in [4.78, 5) is 23.4. The lowest BCUT2D eigenvalue weighted by Gasteiger charge is -2.21. The number of methoxy groups -OCH3 is 2. The molecule has 1 N–H and O–H groups in total. The van der Waals surface area contributed by atoms with Gasteiger partial charge < -0.3 is 19.5 Å². The summed E-state index contributed by atoms with van der Waals surface area (Å²) in [5.41, 5.74) is 0. The zero-order chi connectivity index (χ0) is 15.2. The molecule has 8 nitrogen and oxygen atoms in total. The molecule has 8 heteroatoms. The third-order valence-electron chi connectivity index (χ3n) is 3.32. The molecule has 0 unspecified atom stereocenters. The average Bonchev–Trinajstić information content (AvgIpc) is 2.71. The molecule has 1 aromatic rings. The number of carboxylic acid groups (broad SMARTS) is 1. The van der Waals surface area contributed by atoms with E-state index in [9.17, 15) is 4.79 Å². The molecular formula is C13H20N4O4. The van der Waals surface area contributed by atoms with Gasteiger partial charge in [-0.3, -0.25) is 9.69 Å². The van der Waals surface area contributed by atoms with Gasteiger partial charge in [0.25, 0.3) is 0 Å². The van der Waals surface area contributed by atoms with Crippen LogP contribution >= 0.6 is 0 Å². The van der Waals surface area contributed by atoms with Gasteiger partial charge in [-0.15, -0.1) is 0 Å². The highest BCUT2D eigenvalue weighted by Crippen LogP contribution is 2.21. The van der Waals surface area contributed by atoms with Crippen molar-refractivity contribution in [3.63, 3.8) is 0 Å². The maximum absolute atomic E-state index is 10.8. The van der Waals surface area contributed by atoms with E-state index in [0.717, 1.165) is 19.5 Å². The van der Waals surface area contributed by atoms with E-state index < -0.39 is 5.97 Å². The molecule has 1 aliphatic heterocycles. The van der Waals surface area contributed by atoms with Crippen LogP contribution in [0.5, 0.6) is 11.8 Å². The maximum Gasteiger partial charge on any atom is 0.317 e. The molecule has 0 radical (unpaired) electrons. The van der Waals surface area contributed by atoms with E-state index in [1.807, 2.05) is 9.80 Å². The largest absolute Gasteiger partial charge is 0.481 e. The average molecular weight is 296 g/mol. The highest BCUT2D eigenvalue weighted by molar-refractivity contribution is 5.69. The summed E-state index contributed by atoms with van der Waals surface area (Å²) in [6.07, 6.45) is 0.857. The second-order valence-corrected chi connectivity index (χ2v) is 4.76. The van der Waals surface area contributed by atoms with E-state index in [0.29, 0.717) is 30.8 Å². The number of carbonyl (C=O) groups is 1. The highest BCUT2D eigenvalue weighted by atomic mass is 16.5. The first-order chi connectivity index (χ1) is 10.1. The quantitative estimate of drug-likeness (QED) is 0.818. The standard InChI is InChI=1S/C13H20N4O4/c1-20-10-8-11(21-2)15-13(14-10)17-5-3-4-16(6-7-17)9-12(18)19/h8H,3-7,9H2,1-2H3,(H,18,19). The Labute approximate surface area is 123 Å². The van der Waals surface area contributed by atoms with Gasteiger partial charge in [-0.25, -0.2) is 0 Å². The Balaban J connectivity index is 2.09. The van der Waals surface area contributed by atoms with Crippen molar-refractivity contribution in [1.29, 1.82) is 0 Å². The van der Waals surface area contributed by atoms with Crippen LogP contribution in [0.1, 0.15) is 6.42 Å². The molecule has 1 aliphatic rings. The second-order valence-electron chi connectivity index (χ2n) is 4.76. The van der Waals surface area contributed by atoms with E-state index >= 15 is 0 Å². The fourth-order valence-corrected chi connectivity index (χ4v) is 2.26. The molecule has 0 spiro atoms. The number of aliphatic carboxylic acids is 1. The second kappa shape index (κ2) is 7.07. The number of ether oxygens (including phenoxy) is 2. The normalized spacial score (nSPS) is 16.4. The minimum absolute atomic E-state index is 0.0656. The van der Waals surface area contributed by atoms with Gasteiger partial charge in [0.15, 0.2) is 0 Å². The van der Waals surface area contributed by atoms with Gasteiger partial charge >= 0.3 is 5.97 Å². The maximum atomic E-state index is 10.8. The lowest BCUT2D eigenvalue weighted by atomic mass is 10.4. The Kier molecular flexibility index (Phi) is 5.15. The lowest BCUT2D eigenvalue weighted by molar-refractivity contribution is -0.138. The monoisotopic (exact) mass is 296 g/mol. The van der Waals surface area contributed by atoms with Crippen molar-refractivity contribution in [2.75, 3.05) is 51.8 Å². The SMILES string of the molecule is COc1cc(OC)nc(N2CCCN(CC(=O)O)CC2)n1. The number of aromatic nitrogens is 2. The molecule has 116 valence electrons. The Hall–Kier alpha value is -2.09. The summed E-state index contributed by atoms with van der Waals surface area (Å²) in [5.74, 6) is 0.637. The van der Waals surface area contributed by atoms with Crippen molar-refractivity contribution >= 4 is 11.9 Å². The van der Waals surface area contributed by atoms with Crippen LogP contribution in [0.2, 0.25) is 0 Å². The van der Waals surface area contributed by atoms with Gasteiger partial charge in [0, 0.05) is 26.2 Å². The molecule has 21 heavy (non-hydrogen) atoms. The van der Waals surface area contributed by atoms with Crippen molar-refractivity contribution < 1.29 is 19.4 Å². The van der Waals surface area contributed by atoms with Gasteiger partial charge in [0.05, 0.1) is 26.8 Å². The van der Waals surface area contributed by atoms with Gasteiger partial charge in [0.2, 0.25) is 17.7 Å². The predicted octanol–water partition coefficient (Wildman–Crippen LogP) is 0.0905. The van der Waals surface area contributed by atoms with E-state index in [1.165, 1.54) is 0 Å². The number of carboxylic acids is 1. The van der Waals surface area contributed by atoms with Crippen molar-refractivity contribution in [2.24, 2.45) is 0 Å². The van der Waals surface area contributed by atoms with Crippen LogP contribution in [0.25, 0.3) is 0 Å². The number of rotatable bonds is 5. The van der Waals surface area contributed by atoms with Gasteiger partial charge in [-0.1, -0.05) is 0 Å². The smallest absolute Gasteiger partial charge is 0.317 e. The van der Waals surface area contributed by atoms with Crippen LogP contribution in [0, 0.1) is 0 Å². The fraction of sp³-hybridized carbons (Fsp3) is 0.615. The Morgan fingerprint density at radius 1 is 1.19 bits per heavy atom. The van der Waals surface area contributed by atoms with Crippen LogP contribution in [-0.4, -0.2) is 72.9 Å². The molecule has 0 aliphatic carbocycles. The first kappa shape index (κ1) is 15.3. The first-order valence-electron chi connectivity index (χ1n) is 6.78. The van der Waals surface area contributed by atoms with Crippen LogP contribution in [-0.2, 0) is 4.79 Å². The molecule has 1 saturated heterocycles. The van der Waals surface area contributed by atoms with Gasteiger partial charge in [0.1, 0.15) is 0 Å². The van der Waals surface area contributed by atoms with E-state index in [2.05, 4.69) is 9.97 Å². The van der Waals surface area contributed by atoms with E-state index in [-0.39, 0.29) is 6.54 Å². The van der Waals surface area contributed by atoms with E-state index in [1.54, 1.807) is 20.3 Å². The Morgan fingerprint density at radius 2 is 1.86 bits per heavy atom. The van der Waals surface area contributed by atoms with Crippen molar-refractivity contribution in [3.05, 3.63) is 6.07 Å². The van der Waals surface area contributed by atoms with Crippen LogP contribution in [0.3, 0.4) is 0 Å². The number of anilines is 1. The summed E-state index contributed by atoms with van der Waals surface area (Å²) >= 11 is 0. The third-order valence-corrected chi connectivity index (χ3v) is 3.32. The number of hydrogen-bond donors (Lipinski definition) is 1. The minimum Gasteiger partial charge on any atom is -0.481 e. The molecule has 1 fully saturated rings. The lowest BCUT2D eigenvalue weighted by Crippen LogP contribution is -2.34. The van der Waals surface area contributed by atoms with Crippen molar-refractivity contribution in [1.82, 2.24) is 14.9 Å². The summed E-state index contributed by atoms with van der Waals surface area (Å²) in [5, 5.41) is 8.86. The molecule has 0 bridgehead atoms. The van der Waals surface area contributed by atoms with Crippen LogP contribution in [0.15, 0.2) is 6.07 Å². The van der Waals surface area contributed by atoms with Gasteiger partial charge in [-0.2, -0.15) is 9.97 Å². The van der Waals surface area contributed by atoms with Crippen LogP contribution in [0.4, 0.5) is 5.95 Å². The fourth-order valence-electron chi connectivity index (χ4n) is 2.26. The molecule has 1 aromatic heterocycles. The third kappa shape index (κ3) is 4.19. The summed E-state index contributed by atoms with van der Waals surface area (Å²) in [6, 6.07) is 1.62. The molecular weight excluding hydrogens is 276 g/mol. The Bertz CT molecular complexity index is 475. The molecule has 0 amide bonds. The number of hydrogen-bond acceptors (Lipinski definition) is 7. The van der Waals surface area contributed by atoms with Gasteiger partial charge in [-0.05, 0) is 6.42 Å². The highest BCUT2D eigenvalue weighted by Gasteiger charge is 2.19. The number of nitrogens with zero attached hydrogens (tertiary/aromatic N) is 4. The van der Waals surface area contributed by atoms with Crippen molar-refractivity contribution in [2.45, 2.75) is 6.42 Å².